The van der Waals surface area contributed by atoms with Crippen LogP contribution in [0.3, 0.4) is 0 Å². The number of benzene rings is 1. The molecule has 0 bridgehead atoms. The Bertz CT molecular complexity index is 632. The molecule has 4 heteroatoms. The Labute approximate surface area is 130 Å². The maximum atomic E-state index is 12.6. The van der Waals surface area contributed by atoms with Crippen LogP contribution in [0.4, 0.5) is 0 Å². The molecule has 1 heterocycles. The van der Waals surface area contributed by atoms with Crippen LogP contribution in [0.5, 0.6) is 0 Å². The molecular weight excluding hydrogens is 284 g/mol. The van der Waals surface area contributed by atoms with Crippen LogP contribution in [-0.4, -0.2) is 22.8 Å². The van der Waals surface area contributed by atoms with Crippen LogP contribution in [0, 0.1) is 13.8 Å². The fourth-order valence-electron chi connectivity index (χ4n) is 2.20. The van der Waals surface area contributed by atoms with Crippen molar-refractivity contribution in [1.29, 1.82) is 0 Å². The highest BCUT2D eigenvalue weighted by molar-refractivity contribution is 6.29. The molecule has 1 unspecified atom stereocenters. The zero-order valence-corrected chi connectivity index (χ0v) is 13.5. The van der Waals surface area contributed by atoms with E-state index in [9.17, 15) is 4.79 Å². The van der Waals surface area contributed by atoms with Gasteiger partial charge in [-0.3, -0.25) is 4.79 Å². The van der Waals surface area contributed by atoms with Crippen molar-refractivity contribution in [3.63, 3.8) is 0 Å². The first-order valence-corrected chi connectivity index (χ1v) is 7.24. The van der Waals surface area contributed by atoms with Gasteiger partial charge in [0.1, 0.15) is 5.15 Å². The van der Waals surface area contributed by atoms with Crippen molar-refractivity contribution in [2.24, 2.45) is 0 Å². The number of rotatable bonds is 3. The molecule has 1 atom stereocenters. The molecule has 1 aromatic carbocycles. The van der Waals surface area contributed by atoms with Gasteiger partial charge in [0.05, 0.1) is 6.04 Å². The molecule has 3 nitrogen and oxygen atoms in total. The van der Waals surface area contributed by atoms with E-state index in [1.54, 1.807) is 24.1 Å². The number of carbonyl (C=O) groups excluding carboxylic acids is 1. The molecule has 0 aliphatic rings. The highest BCUT2D eigenvalue weighted by Crippen LogP contribution is 2.22. The van der Waals surface area contributed by atoms with Gasteiger partial charge in [-0.1, -0.05) is 41.4 Å². The second-order valence-electron chi connectivity index (χ2n) is 5.32. The van der Waals surface area contributed by atoms with E-state index in [4.69, 9.17) is 11.6 Å². The van der Waals surface area contributed by atoms with Crippen LogP contribution in [0.15, 0.2) is 36.4 Å². The molecular formula is C17H19ClN2O. The lowest BCUT2D eigenvalue weighted by Gasteiger charge is -2.25. The minimum Gasteiger partial charge on any atom is -0.335 e. The van der Waals surface area contributed by atoms with Crippen molar-refractivity contribution in [3.8, 4) is 0 Å². The summed E-state index contributed by atoms with van der Waals surface area (Å²) < 4.78 is 0. The number of amides is 1. The summed E-state index contributed by atoms with van der Waals surface area (Å²) in [5.41, 5.74) is 3.61. The van der Waals surface area contributed by atoms with Gasteiger partial charge in [0, 0.05) is 18.3 Å². The monoisotopic (exact) mass is 302 g/mol. The Kier molecular flexibility index (Phi) is 4.63. The quantitative estimate of drug-likeness (QED) is 0.797. The molecule has 0 aliphatic carbocycles. The first-order valence-electron chi connectivity index (χ1n) is 6.86. The Hall–Kier alpha value is -1.87. The predicted molar refractivity (Wildman–Crippen MR) is 85.7 cm³/mol. The topological polar surface area (TPSA) is 33.2 Å². The second kappa shape index (κ2) is 6.27. The Morgan fingerprint density at radius 2 is 1.81 bits per heavy atom. The molecule has 0 spiro atoms. The first-order chi connectivity index (χ1) is 9.88. The van der Waals surface area contributed by atoms with Gasteiger partial charge in [-0.05, 0) is 38.5 Å². The van der Waals surface area contributed by atoms with Gasteiger partial charge < -0.3 is 4.90 Å². The number of halogens is 1. The number of hydrogen-bond acceptors (Lipinski definition) is 2. The predicted octanol–water partition coefficient (Wildman–Crippen LogP) is 4.19. The van der Waals surface area contributed by atoms with Crippen molar-refractivity contribution in [2.45, 2.75) is 26.8 Å². The Morgan fingerprint density at radius 1 is 1.19 bits per heavy atom. The zero-order valence-electron chi connectivity index (χ0n) is 12.7. The van der Waals surface area contributed by atoms with E-state index in [1.807, 2.05) is 20.8 Å². The van der Waals surface area contributed by atoms with Crippen molar-refractivity contribution in [2.75, 3.05) is 7.05 Å². The normalized spacial score (nSPS) is 12.0. The summed E-state index contributed by atoms with van der Waals surface area (Å²) in [6, 6.07) is 11.6. The fourth-order valence-corrected chi connectivity index (χ4v) is 2.45. The summed E-state index contributed by atoms with van der Waals surface area (Å²) in [4.78, 5) is 18.4. The smallest absolute Gasteiger partial charge is 0.254 e. The lowest BCUT2D eigenvalue weighted by Crippen LogP contribution is -2.29. The van der Waals surface area contributed by atoms with Gasteiger partial charge in [0.15, 0.2) is 0 Å². The Morgan fingerprint density at radius 3 is 2.38 bits per heavy atom. The third kappa shape index (κ3) is 3.61. The van der Waals surface area contributed by atoms with Crippen molar-refractivity contribution < 1.29 is 4.79 Å². The third-order valence-electron chi connectivity index (χ3n) is 3.63. The average Bonchev–Trinajstić information content (AvgIpc) is 2.44. The van der Waals surface area contributed by atoms with Crippen LogP contribution >= 0.6 is 11.6 Å². The van der Waals surface area contributed by atoms with Crippen molar-refractivity contribution in [3.05, 3.63) is 63.9 Å². The van der Waals surface area contributed by atoms with Gasteiger partial charge in [-0.2, -0.15) is 0 Å². The molecule has 0 saturated carbocycles. The summed E-state index contributed by atoms with van der Waals surface area (Å²) >= 11 is 5.93. The number of hydrogen-bond donors (Lipinski definition) is 0. The second-order valence-corrected chi connectivity index (χ2v) is 5.71. The number of carbonyl (C=O) groups is 1. The summed E-state index contributed by atoms with van der Waals surface area (Å²) in [6.07, 6.45) is 0. The first kappa shape index (κ1) is 15.5. The van der Waals surface area contributed by atoms with Crippen LogP contribution in [0.25, 0.3) is 0 Å². The number of aromatic nitrogens is 1. The third-order valence-corrected chi connectivity index (χ3v) is 3.82. The summed E-state index contributed by atoms with van der Waals surface area (Å²) in [5, 5.41) is 0.342. The van der Waals surface area contributed by atoms with Crippen LogP contribution in [0.2, 0.25) is 5.15 Å². The minimum absolute atomic E-state index is 0.00894. The lowest BCUT2D eigenvalue weighted by atomic mass is 10.0. The summed E-state index contributed by atoms with van der Waals surface area (Å²) in [6.45, 7) is 5.88. The van der Waals surface area contributed by atoms with E-state index in [1.165, 1.54) is 5.56 Å². The van der Waals surface area contributed by atoms with Gasteiger partial charge in [0.2, 0.25) is 0 Å². The molecule has 0 saturated heterocycles. The summed E-state index contributed by atoms with van der Waals surface area (Å²) in [7, 11) is 1.80. The van der Waals surface area contributed by atoms with E-state index in [0.717, 1.165) is 11.3 Å². The maximum Gasteiger partial charge on any atom is 0.254 e. The number of aryl methyl sites for hydroxylation is 2. The van der Waals surface area contributed by atoms with Crippen LogP contribution in [0.1, 0.15) is 40.1 Å². The van der Waals surface area contributed by atoms with Crippen molar-refractivity contribution >= 4 is 17.5 Å². The van der Waals surface area contributed by atoms with E-state index < -0.39 is 0 Å². The molecule has 0 radical (unpaired) electrons. The van der Waals surface area contributed by atoms with Crippen molar-refractivity contribution in [1.82, 2.24) is 9.88 Å². The molecule has 0 N–H and O–H groups in total. The summed E-state index contributed by atoms with van der Waals surface area (Å²) in [5.74, 6) is -0.0597. The lowest BCUT2D eigenvalue weighted by molar-refractivity contribution is 0.0742. The van der Waals surface area contributed by atoms with Gasteiger partial charge >= 0.3 is 0 Å². The van der Waals surface area contributed by atoms with E-state index >= 15 is 0 Å². The molecule has 110 valence electrons. The SMILES string of the molecule is Cc1ccc(C(C)N(C)C(=O)c2cc(C)nc(Cl)c2)cc1. The van der Waals surface area contributed by atoms with Gasteiger partial charge in [-0.25, -0.2) is 4.98 Å². The van der Waals surface area contributed by atoms with Gasteiger partial charge in [0.25, 0.3) is 5.91 Å². The molecule has 1 amide bonds. The molecule has 1 aromatic heterocycles. The molecule has 2 aromatic rings. The molecule has 0 fully saturated rings. The van der Waals surface area contributed by atoms with E-state index in [2.05, 4.69) is 29.2 Å². The maximum absolute atomic E-state index is 12.6. The highest BCUT2D eigenvalue weighted by Gasteiger charge is 2.19. The molecule has 2 rings (SSSR count). The zero-order chi connectivity index (χ0) is 15.6. The standard InChI is InChI=1S/C17H19ClN2O/c1-11-5-7-14(8-6-11)13(3)20(4)17(21)15-9-12(2)19-16(18)10-15/h5-10,13H,1-4H3. The van der Waals surface area contributed by atoms with Crippen LogP contribution < -0.4 is 0 Å². The number of pyridine rings is 1. The minimum atomic E-state index is -0.0597. The van der Waals surface area contributed by atoms with E-state index in [0.29, 0.717) is 10.7 Å². The Balaban J connectivity index is 2.23. The average molecular weight is 303 g/mol. The largest absolute Gasteiger partial charge is 0.335 e. The van der Waals surface area contributed by atoms with E-state index in [-0.39, 0.29) is 11.9 Å². The number of nitrogens with zero attached hydrogens (tertiary/aromatic N) is 2. The van der Waals surface area contributed by atoms with Crippen LogP contribution in [-0.2, 0) is 0 Å². The highest BCUT2D eigenvalue weighted by atomic mass is 35.5. The van der Waals surface area contributed by atoms with Gasteiger partial charge in [-0.15, -0.1) is 0 Å². The molecule has 21 heavy (non-hydrogen) atoms. The fraction of sp³-hybridized carbons (Fsp3) is 0.294. The molecule has 0 aliphatic heterocycles.